The molecule has 0 bridgehead atoms. The van der Waals surface area contributed by atoms with Crippen LogP contribution in [0.1, 0.15) is 52.0 Å². The summed E-state index contributed by atoms with van der Waals surface area (Å²) in [6, 6.07) is 0.252. The second-order valence-corrected chi connectivity index (χ2v) is 4.02. The van der Waals surface area contributed by atoms with E-state index in [0.717, 1.165) is 25.7 Å². The van der Waals surface area contributed by atoms with Gasteiger partial charge in [-0.2, -0.15) is 0 Å². The van der Waals surface area contributed by atoms with Gasteiger partial charge in [-0.25, -0.2) is 4.68 Å². The molecule has 1 aromatic heterocycles. The number of hydrogen-bond donors (Lipinski definition) is 0. The molecular formula is C12H21N3O2. The normalized spacial score (nSPS) is 12.4. The van der Waals surface area contributed by atoms with Crippen LogP contribution in [0.15, 0.2) is 12.4 Å². The van der Waals surface area contributed by atoms with Crippen LogP contribution in [0.2, 0.25) is 0 Å². The van der Waals surface area contributed by atoms with E-state index < -0.39 is 0 Å². The van der Waals surface area contributed by atoms with Gasteiger partial charge in [0.05, 0.1) is 18.8 Å². The summed E-state index contributed by atoms with van der Waals surface area (Å²) >= 11 is 0. The third-order valence-corrected chi connectivity index (χ3v) is 2.69. The molecule has 0 fully saturated rings. The molecule has 1 unspecified atom stereocenters. The molecule has 17 heavy (non-hydrogen) atoms. The fourth-order valence-corrected chi connectivity index (χ4v) is 1.78. The number of esters is 1. The van der Waals surface area contributed by atoms with Gasteiger partial charge in [-0.15, -0.1) is 5.10 Å². The molecule has 0 aliphatic heterocycles. The van der Waals surface area contributed by atoms with Crippen molar-refractivity contribution in [2.45, 2.75) is 52.0 Å². The van der Waals surface area contributed by atoms with E-state index in [1.165, 1.54) is 0 Å². The van der Waals surface area contributed by atoms with Crippen LogP contribution in [0, 0.1) is 0 Å². The van der Waals surface area contributed by atoms with Crippen LogP contribution in [0.25, 0.3) is 0 Å². The number of nitrogens with zero attached hydrogens (tertiary/aromatic N) is 3. The Bertz CT molecular complexity index is 312. The van der Waals surface area contributed by atoms with E-state index in [4.69, 9.17) is 4.74 Å². The lowest BCUT2D eigenvalue weighted by atomic mass is 10.1. The summed E-state index contributed by atoms with van der Waals surface area (Å²) in [6.45, 7) is 4.43. The lowest BCUT2D eigenvalue weighted by Gasteiger charge is -2.15. The largest absolute Gasteiger partial charge is 0.466 e. The number of hydrogen-bond acceptors (Lipinski definition) is 4. The van der Waals surface area contributed by atoms with E-state index in [1.807, 2.05) is 17.8 Å². The van der Waals surface area contributed by atoms with Crippen molar-refractivity contribution in [1.29, 1.82) is 0 Å². The van der Waals surface area contributed by atoms with Crippen LogP contribution in [-0.4, -0.2) is 27.6 Å². The lowest BCUT2D eigenvalue weighted by molar-refractivity contribution is -0.143. The van der Waals surface area contributed by atoms with E-state index in [-0.39, 0.29) is 12.0 Å². The predicted octanol–water partition coefficient (Wildman–Crippen LogP) is 2.35. The van der Waals surface area contributed by atoms with E-state index in [1.54, 1.807) is 6.20 Å². The van der Waals surface area contributed by atoms with Crippen molar-refractivity contribution in [3.05, 3.63) is 12.4 Å². The van der Waals surface area contributed by atoms with E-state index in [0.29, 0.717) is 13.0 Å². The maximum absolute atomic E-state index is 11.3. The fourth-order valence-electron chi connectivity index (χ4n) is 1.78. The van der Waals surface area contributed by atoms with E-state index in [2.05, 4.69) is 17.2 Å². The zero-order valence-corrected chi connectivity index (χ0v) is 10.6. The molecule has 0 spiro atoms. The minimum absolute atomic E-state index is 0.130. The molecule has 0 aliphatic rings. The second-order valence-electron chi connectivity index (χ2n) is 4.02. The Balaban J connectivity index is 2.44. The smallest absolute Gasteiger partial charge is 0.305 e. The predicted molar refractivity (Wildman–Crippen MR) is 64.5 cm³/mol. The Morgan fingerprint density at radius 1 is 1.41 bits per heavy atom. The molecule has 1 heterocycles. The molecule has 1 aromatic rings. The fraction of sp³-hybridized carbons (Fsp3) is 0.750. The van der Waals surface area contributed by atoms with Gasteiger partial charge >= 0.3 is 5.97 Å². The topological polar surface area (TPSA) is 57.0 Å². The highest BCUT2D eigenvalue weighted by atomic mass is 16.5. The zero-order chi connectivity index (χ0) is 12.5. The van der Waals surface area contributed by atoms with Gasteiger partial charge in [0.1, 0.15) is 0 Å². The van der Waals surface area contributed by atoms with Gasteiger partial charge in [-0.1, -0.05) is 25.0 Å². The molecular weight excluding hydrogens is 218 g/mol. The van der Waals surface area contributed by atoms with Crippen molar-refractivity contribution in [3.8, 4) is 0 Å². The van der Waals surface area contributed by atoms with Gasteiger partial charge in [0.15, 0.2) is 0 Å². The number of rotatable bonds is 8. The van der Waals surface area contributed by atoms with Crippen LogP contribution >= 0.6 is 0 Å². The van der Waals surface area contributed by atoms with E-state index >= 15 is 0 Å². The number of ether oxygens (including phenoxy) is 1. The quantitative estimate of drug-likeness (QED) is 0.653. The first-order chi connectivity index (χ1) is 8.27. The molecule has 5 heteroatoms. The van der Waals surface area contributed by atoms with Crippen molar-refractivity contribution >= 4 is 5.97 Å². The molecule has 0 aromatic carbocycles. The molecule has 0 aliphatic carbocycles. The van der Waals surface area contributed by atoms with Crippen LogP contribution in [-0.2, 0) is 9.53 Å². The van der Waals surface area contributed by atoms with Crippen molar-refractivity contribution in [3.63, 3.8) is 0 Å². The summed E-state index contributed by atoms with van der Waals surface area (Å²) in [5.74, 6) is -0.130. The first kappa shape index (κ1) is 13.7. The molecule has 0 saturated carbocycles. The molecule has 0 amide bonds. The van der Waals surface area contributed by atoms with Crippen molar-refractivity contribution < 1.29 is 9.53 Å². The lowest BCUT2D eigenvalue weighted by Crippen LogP contribution is -2.13. The summed E-state index contributed by atoms with van der Waals surface area (Å²) in [5, 5.41) is 7.82. The average Bonchev–Trinajstić information content (AvgIpc) is 2.83. The van der Waals surface area contributed by atoms with Gasteiger partial charge in [0.2, 0.25) is 0 Å². The highest BCUT2D eigenvalue weighted by molar-refractivity contribution is 5.69. The van der Waals surface area contributed by atoms with Gasteiger partial charge in [0, 0.05) is 12.6 Å². The second kappa shape index (κ2) is 7.81. The molecule has 5 nitrogen and oxygen atoms in total. The van der Waals surface area contributed by atoms with Crippen molar-refractivity contribution in [2.75, 3.05) is 6.61 Å². The maximum atomic E-state index is 11.3. The Kier molecular flexibility index (Phi) is 6.29. The zero-order valence-electron chi connectivity index (χ0n) is 10.6. The number of unbranched alkanes of at least 4 members (excludes halogenated alkanes) is 1. The minimum Gasteiger partial charge on any atom is -0.466 e. The molecule has 0 saturated heterocycles. The van der Waals surface area contributed by atoms with Crippen LogP contribution in [0.5, 0.6) is 0 Å². The van der Waals surface area contributed by atoms with Crippen LogP contribution in [0.3, 0.4) is 0 Å². The summed E-state index contributed by atoms with van der Waals surface area (Å²) in [4.78, 5) is 11.3. The Labute approximate surface area is 102 Å². The SMILES string of the molecule is CCCCC(CCC(=O)OCC)n1ccnn1. The average molecular weight is 239 g/mol. The third-order valence-electron chi connectivity index (χ3n) is 2.69. The molecule has 1 atom stereocenters. The first-order valence-corrected chi connectivity index (χ1v) is 6.29. The summed E-state index contributed by atoms with van der Waals surface area (Å²) in [5.41, 5.74) is 0. The van der Waals surface area contributed by atoms with Crippen molar-refractivity contribution in [2.24, 2.45) is 0 Å². The molecule has 96 valence electrons. The van der Waals surface area contributed by atoms with Gasteiger partial charge < -0.3 is 4.74 Å². The van der Waals surface area contributed by atoms with Crippen molar-refractivity contribution in [1.82, 2.24) is 15.0 Å². The summed E-state index contributed by atoms with van der Waals surface area (Å²) < 4.78 is 6.77. The van der Waals surface area contributed by atoms with E-state index in [9.17, 15) is 4.79 Å². The molecule has 0 radical (unpaired) electrons. The minimum atomic E-state index is -0.130. The molecule has 1 rings (SSSR count). The highest BCUT2D eigenvalue weighted by Crippen LogP contribution is 2.19. The van der Waals surface area contributed by atoms with Gasteiger partial charge in [-0.05, 0) is 19.8 Å². The van der Waals surface area contributed by atoms with Crippen LogP contribution in [0.4, 0.5) is 0 Å². The maximum Gasteiger partial charge on any atom is 0.305 e. The Hall–Kier alpha value is -1.39. The first-order valence-electron chi connectivity index (χ1n) is 6.29. The number of carbonyl (C=O) groups excluding carboxylic acids is 1. The summed E-state index contributed by atoms with van der Waals surface area (Å²) in [7, 11) is 0. The van der Waals surface area contributed by atoms with Gasteiger partial charge in [0.25, 0.3) is 0 Å². The third kappa shape index (κ3) is 4.97. The molecule has 0 N–H and O–H groups in total. The number of carbonyl (C=O) groups is 1. The highest BCUT2D eigenvalue weighted by Gasteiger charge is 2.13. The Morgan fingerprint density at radius 2 is 2.24 bits per heavy atom. The standard InChI is InChI=1S/C12H21N3O2/c1-3-5-6-11(15-10-9-13-14-15)7-8-12(16)17-4-2/h9-11H,3-8H2,1-2H3. The summed E-state index contributed by atoms with van der Waals surface area (Å²) in [6.07, 6.45) is 8.04. The Morgan fingerprint density at radius 3 is 2.82 bits per heavy atom. The van der Waals surface area contributed by atoms with Gasteiger partial charge in [-0.3, -0.25) is 4.79 Å². The van der Waals surface area contributed by atoms with Crippen LogP contribution < -0.4 is 0 Å². The number of aromatic nitrogens is 3. The monoisotopic (exact) mass is 239 g/mol.